The summed E-state index contributed by atoms with van der Waals surface area (Å²) >= 11 is 32.6. The van der Waals surface area contributed by atoms with Crippen LogP contribution in [0.1, 0.15) is 111 Å². The van der Waals surface area contributed by atoms with Crippen molar-refractivity contribution in [2.75, 3.05) is 54.8 Å². The fraction of sp³-hybridized carbons (Fsp3) is 0.345. The van der Waals surface area contributed by atoms with E-state index in [2.05, 4.69) is 104 Å². The van der Waals surface area contributed by atoms with E-state index in [1.54, 1.807) is 103 Å². The number of rotatable bonds is 19. The molecule has 37 heteroatoms. The van der Waals surface area contributed by atoms with E-state index < -0.39 is 65.3 Å². The van der Waals surface area contributed by atoms with E-state index in [1.165, 1.54) is 108 Å². The lowest BCUT2D eigenvalue weighted by molar-refractivity contribution is 0.00578. The standard InChI is InChI=1S/C29H31ClFN5O3S.C21H14Cl2FN3O3S.C19H23BClNO5S.C8H3BrClFN2.C8H18N2.2CH4/c1-36(2)22-11-8-20(9-12-22)34-29-32-16-19-14-18(15-25(31)27(19)35-29)23-13-10-21(33-28(23)39-3)17-40(37,38)26-7-5-4-6-24(26)30;1-30-20-15(12-8-13-10-25-21(23)27-19(13)17(24)9-12)7-6-14(26-20)11-31(28,29)18-5-3-2-4-16(18)22;1-18(2)19(3,4)27-20(26-18)14-11-10-13(22-17(14)25-5)12-28(23,24)16-9-7-6-8-15(16)21;9-5-1-4-3-12-8(10)13-7(4)6(11)2-5;1-10(2)8-5-3-7(9)4-6-8;;/h4-7,10,13-16,20,22H,8-9,11-12,17H2,1-3H3,(H,32,34,35);2-10H,11H2,1H3;6-11H,12H2,1-5H3;1-3H;7-8H,3-6,9H2,1-2H3;2*1H4. The minimum Gasteiger partial charge on any atom is -0.481 e. The van der Waals surface area contributed by atoms with Crippen molar-refractivity contribution >= 4 is 155 Å². The molecule has 1 aliphatic heterocycles. The molecule has 15 rings (SSSR count). The van der Waals surface area contributed by atoms with E-state index in [-0.39, 0.29) is 124 Å². The van der Waals surface area contributed by atoms with E-state index in [1.807, 2.05) is 27.7 Å². The van der Waals surface area contributed by atoms with Crippen molar-refractivity contribution in [2.45, 2.75) is 161 Å². The summed E-state index contributed by atoms with van der Waals surface area (Å²) in [6.45, 7) is 7.82. The first-order chi connectivity index (χ1) is 57.7. The molecular formula is C87H97BBrCl5F3N13O11S3. The number of halogens is 9. The molecule has 0 radical (unpaired) electrons. The Morgan fingerprint density at radius 3 is 1.23 bits per heavy atom. The lowest BCUT2D eigenvalue weighted by Crippen LogP contribution is -2.41. The molecule has 3 aliphatic rings. The molecule has 1 saturated heterocycles. The zero-order valence-corrected chi connectivity index (χ0v) is 76.2. The van der Waals surface area contributed by atoms with Crippen LogP contribution in [0.3, 0.4) is 0 Å². The van der Waals surface area contributed by atoms with Gasteiger partial charge in [-0.05, 0) is 245 Å². The van der Waals surface area contributed by atoms with Crippen molar-refractivity contribution in [3.05, 3.63) is 229 Å². The van der Waals surface area contributed by atoms with Crippen molar-refractivity contribution < 1.29 is 61.9 Å². The Hall–Kier alpha value is -8.58. The third-order valence-electron chi connectivity index (χ3n) is 21.1. The van der Waals surface area contributed by atoms with Gasteiger partial charge in [0, 0.05) is 80.0 Å². The fourth-order valence-corrected chi connectivity index (χ4v) is 20.1. The van der Waals surface area contributed by atoms with E-state index in [0.29, 0.717) is 72.1 Å². The number of nitrogens with one attached hydrogen (secondary N) is 1. The number of nitrogens with two attached hydrogens (primary N) is 1. The largest absolute Gasteiger partial charge is 0.500 e. The smallest absolute Gasteiger partial charge is 0.481 e. The minimum absolute atomic E-state index is 0. The SMILES string of the molecule is C.C.CN(C)C1CCC(N)CC1.COc1nc(CS(=O)(=O)c2ccccc2Cl)ccc1-c1cc(F)c2nc(Cl)ncc2c1.COc1nc(CS(=O)(=O)c2ccccc2Cl)ccc1-c1cc(F)c2nc(NC3CCC(N(C)C)CC3)ncc2c1.COc1nc(CS(=O)(=O)c2ccccc2Cl)ccc1B1OC(C)(C)C(C)(C)O1.Fc1cc(Br)cc2cnc(Cl)nc12. The highest BCUT2D eigenvalue weighted by molar-refractivity contribution is 9.10. The van der Waals surface area contributed by atoms with Gasteiger partial charge in [-0.1, -0.05) is 108 Å². The number of ether oxygens (including phenoxy) is 3. The van der Waals surface area contributed by atoms with Crippen LogP contribution >= 0.6 is 73.9 Å². The van der Waals surface area contributed by atoms with Crippen LogP contribution in [0.15, 0.2) is 183 Å². The number of methoxy groups -OCH3 is 3. The average Bonchev–Trinajstić information content (AvgIpc) is 1.50. The van der Waals surface area contributed by atoms with Gasteiger partial charge in [-0.15, -0.1) is 0 Å². The number of sulfone groups is 3. The normalized spacial score (nSPS) is 16.7. The Labute approximate surface area is 756 Å². The highest BCUT2D eigenvalue weighted by atomic mass is 79.9. The fourth-order valence-electron chi connectivity index (χ4n) is 13.8. The second-order valence-corrected chi connectivity index (χ2v) is 39.2. The van der Waals surface area contributed by atoms with Gasteiger partial charge in [0.05, 0.1) is 96.6 Å². The summed E-state index contributed by atoms with van der Waals surface area (Å²) in [5.41, 5.74) is 8.80. The monoisotopic (exact) mass is 1920 g/mol. The predicted molar refractivity (Wildman–Crippen MR) is 490 cm³/mol. The molecular weight excluding hydrogens is 1820 g/mol. The average molecular weight is 1920 g/mol. The summed E-state index contributed by atoms with van der Waals surface area (Å²) in [6.07, 6.45) is 13.7. The molecule has 6 aromatic heterocycles. The van der Waals surface area contributed by atoms with Crippen LogP contribution in [0.25, 0.3) is 55.0 Å². The molecule has 660 valence electrons. The predicted octanol–water partition coefficient (Wildman–Crippen LogP) is 19.2. The van der Waals surface area contributed by atoms with Crippen LogP contribution in [0.2, 0.25) is 25.6 Å². The van der Waals surface area contributed by atoms with Crippen LogP contribution < -0.4 is 30.7 Å². The maximum absolute atomic E-state index is 15.3. The van der Waals surface area contributed by atoms with Gasteiger partial charge < -0.3 is 44.4 Å². The van der Waals surface area contributed by atoms with Gasteiger partial charge in [-0.25, -0.2) is 83.3 Å². The molecule has 0 spiro atoms. The summed E-state index contributed by atoms with van der Waals surface area (Å²) in [5, 5.41) is 5.44. The van der Waals surface area contributed by atoms with Crippen LogP contribution in [0.5, 0.6) is 17.6 Å². The van der Waals surface area contributed by atoms with Gasteiger partial charge in [-0.2, -0.15) is 0 Å². The van der Waals surface area contributed by atoms with Gasteiger partial charge in [0.25, 0.3) is 0 Å². The lowest BCUT2D eigenvalue weighted by atomic mass is 9.79. The first-order valence-electron chi connectivity index (χ1n) is 38.4. The van der Waals surface area contributed by atoms with Gasteiger partial charge >= 0.3 is 7.12 Å². The van der Waals surface area contributed by atoms with E-state index in [4.69, 9.17) is 87.3 Å². The molecule has 24 nitrogen and oxygen atoms in total. The summed E-state index contributed by atoms with van der Waals surface area (Å²) in [4.78, 5) is 42.0. The van der Waals surface area contributed by atoms with Crippen LogP contribution in [0.4, 0.5) is 19.1 Å². The van der Waals surface area contributed by atoms with Crippen molar-refractivity contribution in [1.29, 1.82) is 0 Å². The first-order valence-corrected chi connectivity index (χ1v) is 46.0. The third kappa shape index (κ3) is 24.8. The maximum Gasteiger partial charge on any atom is 0.500 e. The van der Waals surface area contributed by atoms with E-state index in [0.717, 1.165) is 31.7 Å². The van der Waals surface area contributed by atoms with Gasteiger partial charge in [0.2, 0.25) is 34.2 Å². The molecule has 124 heavy (non-hydrogen) atoms. The van der Waals surface area contributed by atoms with Crippen LogP contribution in [0, 0.1) is 17.5 Å². The number of anilines is 1. The summed E-state index contributed by atoms with van der Waals surface area (Å²) in [7, 11) is 1.07. The molecule has 0 unspecified atom stereocenters. The number of hydrogen-bond acceptors (Lipinski definition) is 24. The zero-order chi connectivity index (χ0) is 88.3. The molecule has 0 amide bonds. The quantitative estimate of drug-likeness (QED) is 0.0561. The summed E-state index contributed by atoms with van der Waals surface area (Å²) < 4.78 is 149. The molecule has 0 atom stereocenters. The number of hydrogen-bond donors (Lipinski definition) is 2. The Morgan fingerprint density at radius 1 is 0.476 bits per heavy atom. The lowest BCUT2D eigenvalue weighted by Gasteiger charge is -2.32. The Kier molecular flexibility index (Phi) is 34.3. The van der Waals surface area contributed by atoms with Crippen molar-refractivity contribution in [1.82, 2.24) is 54.7 Å². The van der Waals surface area contributed by atoms with Crippen molar-refractivity contribution in [3.63, 3.8) is 0 Å². The van der Waals surface area contributed by atoms with Crippen LogP contribution in [-0.2, 0) is 56.1 Å². The number of aromatic nitrogens is 9. The first kappa shape index (κ1) is 99.2. The summed E-state index contributed by atoms with van der Waals surface area (Å²) in [5.74, 6) is -1.50. The maximum atomic E-state index is 15.3. The summed E-state index contributed by atoms with van der Waals surface area (Å²) in [6, 6.07) is 39.9. The van der Waals surface area contributed by atoms with E-state index in [9.17, 15) is 34.0 Å². The Bertz CT molecular complexity index is 6140. The van der Waals surface area contributed by atoms with Crippen molar-refractivity contribution in [2.24, 2.45) is 5.73 Å². The molecule has 2 saturated carbocycles. The number of fused-ring (bicyclic) bond motifs is 3. The molecule has 3 N–H and O–H groups in total. The molecule has 3 fully saturated rings. The van der Waals surface area contributed by atoms with Gasteiger partial charge in [0.1, 0.15) is 28.2 Å². The third-order valence-corrected chi connectivity index (χ3v) is 28.3. The second kappa shape index (κ2) is 42.8. The van der Waals surface area contributed by atoms with Crippen molar-refractivity contribution in [3.8, 4) is 39.9 Å². The minimum atomic E-state index is -3.74. The zero-order valence-electron chi connectivity index (χ0n) is 68.4. The molecule has 6 aromatic carbocycles. The topological polar surface area (TPSA) is 309 Å². The number of benzene rings is 6. The number of pyridine rings is 3. The molecule has 12 aromatic rings. The highest BCUT2D eigenvalue weighted by Crippen LogP contribution is 2.40. The Morgan fingerprint density at radius 2 is 0.831 bits per heavy atom. The highest BCUT2D eigenvalue weighted by Gasteiger charge is 2.53. The second-order valence-electron chi connectivity index (χ2n) is 30.5. The molecule has 0 bridgehead atoms. The number of nitrogens with zero attached hydrogens (tertiary/aromatic N) is 11. The van der Waals surface area contributed by atoms with Crippen LogP contribution in [-0.4, -0.2) is 172 Å². The Balaban J connectivity index is 0.000000187. The molecule has 7 heterocycles. The molecule has 2 aliphatic carbocycles. The van der Waals surface area contributed by atoms with Gasteiger partial charge in [-0.3, -0.25) is 0 Å². The van der Waals surface area contributed by atoms with E-state index >= 15 is 4.39 Å². The van der Waals surface area contributed by atoms with Gasteiger partial charge in [0.15, 0.2) is 35.3 Å².